The molecule has 0 heterocycles. The highest BCUT2D eigenvalue weighted by molar-refractivity contribution is 5.96. The van der Waals surface area contributed by atoms with Gasteiger partial charge in [0.1, 0.15) is 6.04 Å². The SMILES string of the molecule is CC(=O)c1ccc(NC(=O)[C@@H](C)[NH2+][C@H]2CCCc3ccccc32)cc1. The lowest BCUT2D eigenvalue weighted by atomic mass is 9.87. The Morgan fingerprint density at radius 3 is 2.56 bits per heavy atom. The number of nitrogens with two attached hydrogens (primary N) is 1. The minimum Gasteiger partial charge on any atom is -0.330 e. The summed E-state index contributed by atoms with van der Waals surface area (Å²) in [5.41, 5.74) is 4.14. The van der Waals surface area contributed by atoms with Crippen molar-refractivity contribution in [2.45, 2.75) is 45.2 Å². The number of nitrogens with one attached hydrogen (secondary N) is 1. The molecule has 0 spiro atoms. The second-order valence-corrected chi connectivity index (χ2v) is 6.80. The van der Waals surface area contributed by atoms with Gasteiger partial charge in [0.2, 0.25) is 0 Å². The standard InChI is InChI=1S/C21H24N2O2/c1-14(21(25)23-18-12-10-16(11-13-18)15(2)24)22-20-9-5-7-17-6-3-4-8-19(17)20/h3-4,6,8,10-14,20,22H,5,7,9H2,1-2H3,(H,23,25)/p+1/t14-,20+/m1/s1. The number of carbonyl (C=O) groups excluding carboxylic acids is 2. The third-order valence-corrected chi connectivity index (χ3v) is 4.91. The van der Waals surface area contributed by atoms with Crippen molar-refractivity contribution in [2.24, 2.45) is 0 Å². The van der Waals surface area contributed by atoms with Crippen molar-refractivity contribution in [1.82, 2.24) is 0 Å². The van der Waals surface area contributed by atoms with Crippen LogP contribution in [0.2, 0.25) is 0 Å². The molecule has 1 aliphatic rings. The Morgan fingerprint density at radius 1 is 1.12 bits per heavy atom. The molecule has 2 aromatic rings. The molecule has 0 unspecified atom stereocenters. The van der Waals surface area contributed by atoms with Gasteiger partial charge in [0, 0.05) is 23.2 Å². The average molecular weight is 337 g/mol. The number of aryl methyl sites for hydroxylation is 1. The lowest BCUT2D eigenvalue weighted by Crippen LogP contribution is -2.92. The van der Waals surface area contributed by atoms with Crippen LogP contribution in [0.4, 0.5) is 5.69 Å². The van der Waals surface area contributed by atoms with Crippen molar-refractivity contribution >= 4 is 17.4 Å². The molecule has 4 heteroatoms. The molecule has 4 nitrogen and oxygen atoms in total. The molecule has 0 saturated carbocycles. The summed E-state index contributed by atoms with van der Waals surface area (Å²) in [7, 11) is 0. The maximum absolute atomic E-state index is 12.5. The topological polar surface area (TPSA) is 62.8 Å². The van der Waals surface area contributed by atoms with Gasteiger partial charge in [-0.3, -0.25) is 9.59 Å². The van der Waals surface area contributed by atoms with Gasteiger partial charge in [0.05, 0.1) is 0 Å². The Morgan fingerprint density at radius 2 is 1.84 bits per heavy atom. The van der Waals surface area contributed by atoms with Crippen LogP contribution in [-0.4, -0.2) is 17.7 Å². The predicted octanol–water partition coefficient (Wildman–Crippen LogP) is 2.86. The summed E-state index contributed by atoms with van der Waals surface area (Å²) in [4.78, 5) is 23.8. The Hall–Kier alpha value is -2.46. The smallest absolute Gasteiger partial charge is 0.282 e. The van der Waals surface area contributed by atoms with E-state index >= 15 is 0 Å². The lowest BCUT2D eigenvalue weighted by molar-refractivity contribution is -0.714. The first-order valence-corrected chi connectivity index (χ1v) is 8.89. The zero-order valence-electron chi connectivity index (χ0n) is 14.8. The van der Waals surface area contributed by atoms with E-state index in [-0.39, 0.29) is 17.7 Å². The third kappa shape index (κ3) is 4.15. The number of hydrogen-bond acceptors (Lipinski definition) is 2. The molecule has 3 rings (SSSR count). The molecule has 2 atom stereocenters. The van der Waals surface area contributed by atoms with Gasteiger partial charge in [-0.2, -0.15) is 0 Å². The Bertz CT molecular complexity index is 768. The second kappa shape index (κ2) is 7.62. The summed E-state index contributed by atoms with van der Waals surface area (Å²) >= 11 is 0. The van der Waals surface area contributed by atoms with Gasteiger partial charge >= 0.3 is 0 Å². The van der Waals surface area contributed by atoms with E-state index in [2.05, 4.69) is 34.9 Å². The molecule has 0 aliphatic heterocycles. The van der Waals surface area contributed by atoms with E-state index in [9.17, 15) is 9.59 Å². The monoisotopic (exact) mass is 337 g/mol. The van der Waals surface area contributed by atoms with Crippen molar-refractivity contribution < 1.29 is 14.9 Å². The Labute approximate surface area is 148 Å². The normalized spacial score (nSPS) is 17.4. The number of benzene rings is 2. The van der Waals surface area contributed by atoms with Crippen LogP contribution in [0.15, 0.2) is 48.5 Å². The third-order valence-electron chi connectivity index (χ3n) is 4.91. The summed E-state index contributed by atoms with van der Waals surface area (Å²) in [6.45, 7) is 3.48. The van der Waals surface area contributed by atoms with Crippen molar-refractivity contribution in [2.75, 3.05) is 5.32 Å². The van der Waals surface area contributed by atoms with Gasteiger partial charge in [0.15, 0.2) is 11.8 Å². The summed E-state index contributed by atoms with van der Waals surface area (Å²) in [5.74, 6) is 0.00849. The average Bonchev–Trinajstić information content (AvgIpc) is 2.62. The summed E-state index contributed by atoms with van der Waals surface area (Å²) < 4.78 is 0. The molecule has 25 heavy (non-hydrogen) atoms. The summed E-state index contributed by atoms with van der Waals surface area (Å²) in [6.07, 6.45) is 3.39. The van der Waals surface area contributed by atoms with E-state index in [1.165, 1.54) is 24.5 Å². The molecule has 0 saturated heterocycles. The van der Waals surface area contributed by atoms with Gasteiger partial charge in [-0.1, -0.05) is 24.3 Å². The summed E-state index contributed by atoms with van der Waals surface area (Å²) in [5, 5.41) is 5.10. The van der Waals surface area contributed by atoms with Crippen LogP contribution in [0.3, 0.4) is 0 Å². The molecule has 0 fully saturated rings. The fraction of sp³-hybridized carbons (Fsp3) is 0.333. The fourth-order valence-corrected chi connectivity index (χ4v) is 3.47. The number of hydrogen-bond donors (Lipinski definition) is 2. The maximum Gasteiger partial charge on any atom is 0.282 e. The zero-order valence-corrected chi connectivity index (χ0v) is 14.8. The highest BCUT2D eigenvalue weighted by Gasteiger charge is 2.27. The number of ketones is 1. The van der Waals surface area contributed by atoms with E-state index in [0.717, 1.165) is 18.5 Å². The Kier molecular flexibility index (Phi) is 5.29. The van der Waals surface area contributed by atoms with Crippen molar-refractivity contribution in [3.05, 3.63) is 65.2 Å². The van der Waals surface area contributed by atoms with Gasteiger partial charge in [-0.15, -0.1) is 0 Å². The Balaban J connectivity index is 1.62. The molecule has 2 aromatic carbocycles. The van der Waals surface area contributed by atoms with Gasteiger partial charge in [-0.25, -0.2) is 0 Å². The number of carbonyl (C=O) groups is 2. The van der Waals surface area contributed by atoms with Gasteiger partial charge in [-0.05, 0) is 56.5 Å². The fourth-order valence-electron chi connectivity index (χ4n) is 3.47. The van der Waals surface area contributed by atoms with Crippen LogP contribution < -0.4 is 10.6 Å². The molecule has 1 amide bonds. The minimum absolute atomic E-state index is 0.0152. The second-order valence-electron chi connectivity index (χ2n) is 6.80. The first-order valence-electron chi connectivity index (χ1n) is 8.89. The zero-order chi connectivity index (χ0) is 17.8. The molecule has 130 valence electrons. The van der Waals surface area contributed by atoms with Gasteiger partial charge in [0.25, 0.3) is 5.91 Å². The number of quaternary nitrogens is 1. The minimum atomic E-state index is -0.177. The maximum atomic E-state index is 12.5. The van der Waals surface area contributed by atoms with Crippen LogP contribution >= 0.6 is 0 Å². The molecule has 0 aromatic heterocycles. The van der Waals surface area contributed by atoms with Gasteiger partial charge < -0.3 is 10.6 Å². The quantitative estimate of drug-likeness (QED) is 0.824. The van der Waals surface area contributed by atoms with Crippen LogP contribution in [0.25, 0.3) is 0 Å². The van der Waals surface area contributed by atoms with E-state index in [1.807, 2.05) is 6.92 Å². The molecule has 0 radical (unpaired) electrons. The number of anilines is 1. The first kappa shape index (κ1) is 17.4. The molecule has 0 bridgehead atoms. The largest absolute Gasteiger partial charge is 0.330 e. The molecule has 1 aliphatic carbocycles. The molecular weight excluding hydrogens is 312 g/mol. The van der Waals surface area contributed by atoms with Crippen LogP contribution in [-0.2, 0) is 11.2 Å². The van der Waals surface area contributed by atoms with Crippen molar-refractivity contribution in [1.29, 1.82) is 0 Å². The van der Waals surface area contributed by atoms with Crippen LogP contribution in [0.1, 0.15) is 54.2 Å². The van der Waals surface area contributed by atoms with E-state index in [0.29, 0.717) is 11.6 Å². The van der Waals surface area contributed by atoms with E-state index in [1.54, 1.807) is 24.3 Å². The first-order chi connectivity index (χ1) is 12.0. The number of amides is 1. The van der Waals surface area contributed by atoms with E-state index in [4.69, 9.17) is 0 Å². The lowest BCUT2D eigenvalue weighted by Gasteiger charge is -2.26. The molecular formula is C21H25N2O2+. The predicted molar refractivity (Wildman–Crippen MR) is 98.6 cm³/mol. The number of rotatable bonds is 5. The summed E-state index contributed by atoms with van der Waals surface area (Å²) in [6, 6.07) is 15.7. The van der Waals surface area contributed by atoms with Crippen LogP contribution in [0, 0.1) is 0 Å². The van der Waals surface area contributed by atoms with Crippen LogP contribution in [0.5, 0.6) is 0 Å². The number of Topliss-reactive ketones (excluding diaryl/α,β-unsaturated/α-hetero) is 1. The highest BCUT2D eigenvalue weighted by atomic mass is 16.2. The number of fused-ring (bicyclic) bond motifs is 1. The van der Waals surface area contributed by atoms with Crippen molar-refractivity contribution in [3.8, 4) is 0 Å². The molecule has 3 N–H and O–H groups in total. The highest BCUT2D eigenvalue weighted by Crippen LogP contribution is 2.26. The van der Waals surface area contributed by atoms with Crippen molar-refractivity contribution in [3.63, 3.8) is 0 Å². The van der Waals surface area contributed by atoms with E-state index < -0.39 is 0 Å².